The Morgan fingerprint density at radius 3 is 2.71 bits per heavy atom. The summed E-state index contributed by atoms with van der Waals surface area (Å²) in [6.45, 7) is 0.568. The highest BCUT2D eigenvalue weighted by atomic mass is 16.5. The van der Waals surface area contributed by atoms with Gasteiger partial charge in [0.05, 0.1) is 29.7 Å². The molecule has 1 saturated carbocycles. The number of hydrogen-bond donors (Lipinski definition) is 2. The van der Waals surface area contributed by atoms with Gasteiger partial charge in [0.1, 0.15) is 11.5 Å². The maximum Gasteiger partial charge on any atom is 0.242 e. The maximum absolute atomic E-state index is 12.7. The molecule has 4 aromatic rings. The third-order valence-electron chi connectivity index (χ3n) is 5.45. The van der Waals surface area contributed by atoms with E-state index in [0.717, 1.165) is 29.3 Å². The Labute approximate surface area is 179 Å². The van der Waals surface area contributed by atoms with Crippen molar-refractivity contribution in [2.75, 3.05) is 5.32 Å². The lowest BCUT2D eigenvalue weighted by atomic mass is 10.1. The minimum atomic E-state index is -0.527. The third kappa shape index (κ3) is 4.13. The van der Waals surface area contributed by atoms with Gasteiger partial charge in [0.2, 0.25) is 5.91 Å². The molecule has 2 heterocycles. The molecular formula is C24H23N5O2. The Hall–Kier alpha value is -3.71. The van der Waals surface area contributed by atoms with Crippen molar-refractivity contribution in [2.45, 2.75) is 25.4 Å². The van der Waals surface area contributed by atoms with Crippen LogP contribution in [0.15, 0.2) is 73.1 Å². The molecule has 5 rings (SSSR count). The summed E-state index contributed by atoms with van der Waals surface area (Å²) in [7, 11) is 0. The molecule has 7 heteroatoms. The fourth-order valence-corrected chi connectivity index (χ4v) is 3.65. The zero-order valence-corrected chi connectivity index (χ0v) is 16.9. The molecular weight excluding hydrogens is 390 g/mol. The van der Waals surface area contributed by atoms with Crippen LogP contribution in [0.5, 0.6) is 11.5 Å². The number of hydrogen-bond acceptors (Lipinski definition) is 5. The molecule has 1 atom stereocenters. The molecule has 0 saturated heterocycles. The van der Waals surface area contributed by atoms with Gasteiger partial charge in [0, 0.05) is 6.20 Å². The first kappa shape index (κ1) is 19.3. The first-order valence-corrected chi connectivity index (χ1v) is 10.4. The van der Waals surface area contributed by atoms with Gasteiger partial charge in [-0.25, -0.2) is 0 Å². The second-order valence-electron chi connectivity index (χ2n) is 7.79. The second-order valence-corrected chi connectivity index (χ2v) is 7.79. The quantitative estimate of drug-likeness (QED) is 0.478. The van der Waals surface area contributed by atoms with Crippen LogP contribution in [0.1, 0.15) is 18.4 Å². The van der Waals surface area contributed by atoms with Crippen LogP contribution in [-0.4, -0.2) is 26.7 Å². The minimum Gasteiger partial charge on any atom is -0.455 e. The Morgan fingerprint density at radius 2 is 1.97 bits per heavy atom. The van der Waals surface area contributed by atoms with E-state index in [1.54, 1.807) is 12.4 Å². The van der Waals surface area contributed by atoms with Gasteiger partial charge in [-0.05, 0) is 48.6 Å². The minimum absolute atomic E-state index is 0.218. The van der Waals surface area contributed by atoms with E-state index in [9.17, 15) is 4.79 Å². The highest BCUT2D eigenvalue weighted by molar-refractivity contribution is 6.04. The van der Waals surface area contributed by atoms with E-state index in [2.05, 4.69) is 10.3 Å². The molecule has 7 nitrogen and oxygen atoms in total. The number of aromatic nitrogens is 3. The molecule has 1 fully saturated rings. The van der Waals surface area contributed by atoms with Crippen molar-refractivity contribution in [3.63, 3.8) is 0 Å². The number of rotatable bonds is 7. The van der Waals surface area contributed by atoms with Gasteiger partial charge in [-0.3, -0.25) is 14.5 Å². The SMILES string of the molecule is N[C@H](C(=O)Nc1nn(Cc2ccccc2)c2cccc(Oc3cccnc3)c12)C1CC1. The van der Waals surface area contributed by atoms with Crippen LogP contribution in [0, 0.1) is 5.92 Å². The van der Waals surface area contributed by atoms with Gasteiger partial charge in [0.15, 0.2) is 5.82 Å². The van der Waals surface area contributed by atoms with Gasteiger partial charge in [-0.2, -0.15) is 5.10 Å². The summed E-state index contributed by atoms with van der Waals surface area (Å²) in [5, 5.41) is 8.40. The van der Waals surface area contributed by atoms with Crippen LogP contribution in [0.2, 0.25) is 0 Å². The fraction of sp³-hybridized carbons (Fsp3) is 0.208. The van der Waals surface area contributed by atoms with E-state index >= 15 is 0 Å². The molecule has 0 aliphatic heterocycles. The van der Waals surface area contributed by atoms with Crippen molar-refractivity contribution >= 4 is 22.6 Å². The monoisotopic (exact) mass is 413 g/mol. The molecule has 1 aliphatic carbocycles. The number of anilines is 1. The van der Waals surface area contributed by atoms with Crippen LogP contribution in [-0.2, 0) is 11.3 Å². The van der Waals surface area contributed by atoms with E-state index in [0.29, 0.717) is 23.9 Å². The topological polar surface area (TPSA) is 95.1 Å². The molecule has 0 unspecified atom stereocenters. The number of nitrogens with one attached hydrogen (secondary N) is 1. The predicted molar refractivity (Wildman–Crippen MR) is 119 cm³/mol. The summed E-state index contributed by atoms with van der Waals surface area (Å²) < 4.78 is 7.97. The van der Waals surface area contributed by atoms with Crippen molar-refractivity contribution in [3.8, 4) is 11.5 Å². The maximum atomic E-state index is 12.7. The summed E-state index contributed by atoms with van der Waals surface area (Å²) >= 11 is 0. The van der Waals surface area contributed by atoms with Crippen LogP contribution in [0.25, 0.3) is 10.9 Å². The number of amides is 1. The molecule has 1 amide bonds. The van der Waals surface area contributed by atoms with Gasteiger partial charge < -0.3 is 15.8 Å². The molecule has 0 bridgehead atoms. The third-order valence-corrected chi connectivity index (χ3v) is 5.45. The summed E-state index contributed by atoms with van der Waals surface area (Å²) in [5.74, 6) is 1.69. The number of benzene rings is 2. The lowest BCUT2D eigenvalue weighted by Crippen LogP contribution is -2.37. The van der Waals surface area contributed by atoms with E-state index < -0.39 is 6.04 Å². The van der Waals surface area contributed by atoms with Crippen molar-refractivity contribution in [1.29, 1.82) is 0 Å². The fourth-order valence-electron chi connectivity index (χ4n) is 3.65. The van der Waals surface area contributed by atoms with E-state index in [1.807, 2.05) is 65.3 Å². The van der Waals surface area contributed by atoms with Crippen molar-refractivity contribution in [3.05, 3.63) is 78.6 Å². The number of nitrogens with two attached hydrogens (primary N) is 1. The zero-order valence-electron chi connectivity index (χ0n) is 16.9. The first-order chi connectivity index (χ1) is 15.2. The average Bonchev–Trinajstić information content (AvgIpc) is 3.59. The molecule has 3 N–H and O–H groups in total. The average molecular weight is 413 g/mol. The van der Waals surface area contributed by atoms with Gasteiger partial charge in [-0.1, -0.05) is 36.4 Å². The molecule has 2 aromatic carbocycles. The van der Waals surface area contributed by atoms with E-state index in [1.165, 1.54) is 0 Å². The Bertz CT molecular complexity index is 1200. The summed E-state index contributed by atoms with van der Waals surface area (Å²) in [5.41, 5.74) is 8.09. The summed E-state index contributed by atoms with van der Waals surface area (Å²) in [4.78, 5) is 16.8. The number of carbonyl (C=O) groups is 1. The summed E-state index contributed by atoms with van der Waals surface area (Å²) in [6, 6.07) is 18.9. The number of carbonyl (C=O) groups excluding carboxylic acids is 1. The number of nitrogens with zero attached hydrogens (tertiary/aromatic N) is 3. The zero-order chi connectivity index (χ0) is 21.2. The van der Waals surface area contributed by atoms with Gasteiger partial charge in [0.25, 0.3) is 0 Å². The van der Waals surface area contributed by atoms with E-state index in [4.69, 9.17) is 15.6 Å². The smallest absolute Gasteiger partial charge is 0.242 e. The summed E-state index contributed by atoms with van der Waals surface area (Å²) in [6.07, 6.45) is 5.32. The lowest BCUT2D eigenvalue weighted by molar-refractivity contribution is -0.117. The Kier molecular flexibility index (Phi) is 5.09. The van der Waals surface area contributed by atoms with Crippen molar-refractivity contribution in [1.82, 2.24) is 14.8 Å². The first-order valence-electron chi connectivity index (χ1n) is 10.4. The second kappa shape index (κ2) is 8.20. The van der Waals surface area contributed by atoms with Gasteiger partial charge >= 0.3 is 0 Å². The molecule has 1 aliphatic rings. The molecule has 2 aromatic heterocycles. The van der Waals surface area contributed by atoms with Gasteiger partial charge in [-0.15, -0.1) is 0 Å². The lowest BCUT2D eigenvalue weighted by Gasteiger charge is -2.11. The molecule has 31 heavy (non-hydrogen) atoms. The highest BCUT2D eigenvalue weighted by Crippen LogP contribution is 2.36. The van der Waals surface area contributed by atoms with Crippen molar-refractivity contribution < 1.29 is 9.53 Å². The van der Waals surface area contributed by atoms with E-state index in [-0.39, 0.29) is 11.8 Å². The molecule has 0 spiro atoms. The standard InChI is InChI=1S/C24H23N5O2/c25-22(17-11-12-17)24(30)27-23-21-19(29(28-23)15-16-6-2-1-3-7-16)9-4-10-20(21)31-18-8-5-13-26-14-18/h1-10,13-14,17,22H,11-12,15,25H2,(H,27,28,30)/t22-/m0/s1. The van der Waals surface area contributed by atoms with Crippen molar-refractivity contribution in [2.24, 2.45) is 11.7 Å². The normalized spacial score (nSPS) is 14.4. The number of fused-ring (bicyclic) bond motifs is 1. The predicted octanol–water partition coefficient (Wildman–Crippen LogP) is 3.95. The Balaban J connectivity index is 1.56. The molecule has 156 valence electrons. The number of ether oxygens (including phenoxy) is 1. The largest absolute Gasteiger partial charge is 0.455 e. The Morgan fingerprint density at radius 1 is 1.13 bits per heavy atom. The van der Waals surface area contributed by atoms with Crippen LogP contribution in [0.4, 0.5) is 5.82 Å². The van der Waals surface area contributed by atoms with Crippen LogP contribution in [0.3, 0.4) is 0 Å². The number of pyridine rings is 1. The van der Waals surface area contributed by atoms with Crippen LogP contribution >= 0.6 is 0 Å². The van der Waals surface area contributed by atoms with Crippen LogP contribution < -0.4 is 15.8 Å². The highest BCUT2D eigenvalue weighted by Gasteiger charge is 2.34. The molecule has 0 radical (unpaired) electrons.